The monoisotopic (exact) mass is 398 g/mol. The highest BCUT2D eigenvalue weighted by atomic mass is 16.3. The minimum Gasteiger partial charge on any atom is -0.508 e. The summed E-state index contributed by atoms with van der Waals surface area (Å²) in [6.07, 6.45) is 1.99. The average Bonchev–Trinajstić information content (AvgIpc) is 2.77. The predicted molar refractivity (Wildman–Crippen MR) is 123 cm³/mol. The Kier molecular flexibility index (Phi) is 9.90. The summed E-state index contributed by atoms with van der Waals surface area (Å²) < 4.78 is 0. The van der Waals surface area contributed by atoms with Crippen molar-refractivity contribution in [1.29, 1.82) is 0 Å². The zero-order chi connectivity index (χ0) is 22.0. The summed E-state index contributed by atoms with van der Waals surface area (Å²) in [5, 5.41) is 9.97. The molecular weight excluding hydrogens is 360 g/mol. The summed E-state index contributed by atoms with van der Waals surface area (Å²) in [5.41, 5.74) is 2.94. The van der Waals surface area contributed by atoms with Crippen LogP contribution in [0.5, 0.6) is 5.75 Å². The number of carbonyl (C=O) groups excluding carboxylic acids is 1. The molecule has 1 N–H and O–H groups in total. The summed E-state index contributed by atoms with van der Waals surface area (Å²) in [6.45, 7) is 10.0. The van der Waals surface area contributed by atoms with Crippen LogP contribution in [-0.2, 0) is 5.41 Å². The zero-order valence-electron chi connectivity index (χ0n) is 19.2. The van der Waals surface area contributed by atoms with Crippen molar-refractivity contribution in [3.05, 3.63) is 65.2 Å². The van der Waals surface area contributed by atoms with Gasteiger partial charge in [-0.3, -0.25) is 4.79 Å². The van der Waals surface area contributed by atoms with Gasteiger partial charge in [-0.05, 0) is 68.4 Å². The van der Waals surface area contributed by atoms with Crippen molar-refractivity contribution in [3.63, 3.8) is 0 Å². The van der Waals surface area contributed by atoms with Crippen LogP contribution in [0.2, 0.25) is 0 Å². The second kappa shape index (κ2) is 11.6. The first-order valence-corrected chi connectivity index (χ1v) is 10.7. The van der Waals surface area contributed by atoms with Crippen molar-refractivity contribution >= 4 is 5.91 Å². The lowest BCUT2D eigenvalue weighted by Crippen LogP contribution is -2.41. The van der Waals surface area contributed by atoms with Crippen LogP contribution in [0.1, 0.15) is 62.0 Å². The van der Waals surface area contributed by atoms with E-state index in [1.54, 1.807) is 25.1 Å². The van der Waals surface area contributed by atoms with E-state index in [4.69, 9.17) is 0 Å². The Bertz CT molecular complexity index is 746. The maximum absolute atomic E-state index is 12.2. The van der Waals surface area contributed by atoms with Gasteiger partial charge < -0.3 is 14.9 Å². The minimum absolute atomic E-state index is 0.0151. The number of hydrogen-bond donors (Lipinski definition) is 1. The van der Waals surface area contributed by atoms with Crippen LogP contribution in [0.15, 0.2) is 48.5 Å². The van der Waals surface area contributed by atoms with Gasteiger partial charge in [-0.25, -0.2) is 0 Å². The predicted octanol–water partition coefficient (Wildman–Crippen LogP) is 5.16. The molecule has 2 aromatic carbocycles. The van der Waals surface area contributed by atoms with E-state index in [2.05, 4.69) is 30.1 Å². The summed E-state index contributed by atoms with van der Waals surface area (Å²) in [4.78, 5) is 16.1. The van der Waals surface area contributed by atoms with E-state index in [-0.39, 0.29) is 11.3 Å². The molecule has 0 saturated carbocycles. The van der Waals surface area contributed by atoms with Crippen molar-refractivity contribution in [2.24, 2.45) is 0 Å². The topological polar surface area (TPSA) is 43.8 Å². The Morgan fingerprint density at radius 3 is 1.97 bits per heavy atom. The number of nitrogens with zero attached hydrogens (tertiary/aromatic N) is 2. The largest absolute Gasteiger partial charge is 0.508 e. The van der Waals surface area contributed by atoms with Crippen molar-refractivity contribution < 1.29 is 9.90 Å². The van der Waals surface area contributed by atoms with E-state index in [9.17, 15) is 9.90 Å². The molecule has 1 saturated heterocycles. The van der Waals surface area contributed by atoms with Gasteiger partial charge in [-0.15, -0.1) is 0 Å². The van der Waals surface area contributed by atoms with Crippen LogP contribution in [0, 0.1) is 0 Å². The van der Waals surface area contributed by atoms with Crippen LogP contribution >= 0.6 is 0 Å². The van der Waals surface area contributed by atoms with E-state index < -0.39 is 0 Å². The summed E-state index contributed by atoms with van der Waals surface area (Å²) in [7, 11) is 5.67. The number of carbonyl (C=O) groups is 1. The van der Waals surface area contributed by atoms with E-state index in [0.29, 0.717) is 11.3 Å². The molecule has 0 unspecified atom stereocenters. The van der Waals surface area contributed by atoms with Crippen molar-refractivity contribution in [3.8, 4) is 5.75 Å². The number of rotatable bonds is 3. The molecule has 0 aromatic heterocycles. The van der Waals surface area contributed by atoms with Crippen molar-refractivity contribution in [1.82, 2.24) is 9.80 Å². The molecule has 29 heavy (non-hydrogen) atoms. The molecule has 4 heteroatoms. The van der Waals surface area contributed by atoms with Crippen LogP contribution in [0.4, 0.5) is 0 Å². The normalized spacial score (nSPS) is 15.3. The van der Waals surface area contributed by atoms with E-state index in [1.807, 2.05) is 52.0 Å². The Hall–Kier alpha value is -2.33. The fraction of sp³-hybridized carbons (Fsp3) is 0.480. The van der Waals surface area contributed by atoms with Gasteiger partial charge in [-0.1, -0.05) is 52.0 Å². The molecule has 160 valence electrons. The number of aromatic hydroxyl groups is 1. The Labute approximate surface area is 177 Å². The van der Waals surface area contributed by atoms with Crippen LogP contribution in [-0.4, -0.2) is 55.0 Å². The number of benzene rings is 2. The molecule has 0 atom stereocenters. The van der Waals surface area contributed by atoms with Crippen molar-refractivity contribution in [2.45, 2.75) is 46.0 Å². The Morgan fingerprint density at radius 2 is 1.48 bits per heavy atom. The molecule has 0 spiro atoms. The molecule has 4 nitrogen and oxygen atoms in total. The van der Waals surface area contributed by atoms with Gasteiger partial charge in [0.1, 0.15) is 5.75 Å². The lowest BCUT2D eigenvalue weighted by molar-refractivity contribution is 0.0827. The third-order valence-corrected chi connectivity index (χ3v) is 5.33. The molecule has 0 aliphatic carbocycles. The molecule has 2 aromatic rings. The summed E-state index contributed by atoms with van der Waals surface area (Å²) >= 11 is 0. The third kappa shape index (κ3) is 5.83. The minimum atomic E-state index is -0.120. The highest BCUT2D eigenvalue weighted by molar-refractivity contribution is 5.93. The van der Waals surface area contributed by atoms with Crippen LogP contribution in [0.3, 0.4) is 0 Å². The standard InChI is InChI=1S/C21H26N2O2.2C2H6/c1-22(2)20(25)16-7-9-17(10-8-16)21(11-13-23(3)14-12-21)18-5-4-6-19(24)15-18;2*1-2/h4-10,15,24H,11-14H2,1-3H3;2*1-2H3. The number of phenols is 1. The van der Waals surface area contributed by atoms with E-state index in [1.165, 1.54) is 5.56 Å². The van der Waals surface area contributed by atoms with Gasteiger partial charge in [0, 0.05) is 25.1 Å². The average molecular weight is 399 g/mol. The van der Waals surface area contributed by atoms with Gasteiger partial charge in [0.15, 0.2) is 0 Å². The molecule has 1 aliphatic rings. The van der Waals surface area contributed by atoms with Crippen LogP contribution < -0.4 is 0 Å². The molecule has 1 aliphatic heterocycles. The molecule has 3 rings (SSSR count). The summed E-state index contributed by atoms with van der Waals surface area (Å²) in [5.74, 6) is 0.316. The zero-order valence-corrected chi connectivity index (χ0v) is 19.2. The number of hydrogen-bond acceptors (Lipinski definition) is 3. The molecule has 1 heterocycles. The van der Waals surface area contributed by atoms with E-state index >= 15 is 0 Å². The van der Waals surface area contributed by atoms with Gasteiger partial charge in [0.2, 0.25) is 0 Å². The Balaban J connectivity index is 0.000000989. The third-order valence-electron chi connectivity index (χ3n) is 5.33. The second-order valence-electron chi connectivity index (χ2n) is 7.21. The second-order valence-corrected chi connectivity index (χ2v) is 7.21. The fourth-order valence-corrected chi connectivity index (χ4v) is 3.74. The highest BCUT2D eigenvalue weighted by Crippen LogP contribution is 2.42. The molecule has 1 amide bonds. The molecule has 0 radical (unpaired) electrons. The number of amides is 1. The van der Waals surface area contributed by atoms with E-state index in [0.717, 1.165) is 31.5 Å². The van der Waals surface area contributed by atoms with Gasteiger partial charge in [0.25, 0.3) is 5.91 Å². The lowest BCUT2D eigenvalue weighted by Gasteiger charge is -2.42. The first-order valence-electron chi connectivity index (χ1n) is 10.7. The molecule has 0 bridgehead atoms. The lowest BCUT2D eigenvalue weighted by atomic mass is 9.68. The first kappa shape index (κ1) is 24.7. The Morgan fingerprint density at radius 1 is 0.931 bits per heavy atom. The summed E-state index contributed by atoms with van der Waals surface area (Å²) in [6, 6.07) is 15.6. The fourth-order valence-electron chi connectivity index (χ4n) is 3.74. The van der Waals surface area contributed by atoms with Crippen molar-refractivity contribution in [2.75, 3.05) is 34.2 Å². The quantitative estimate of drug-likeness (QED) is 0.777. The van der Waals surface area contributed by atoms with Crippen LogP contribution in [0.25, 0.3) is 0 Å². The first-order chi connectivity index (χ1) is 13.9. The number of piperidine rings is 1. The van der Waals surface area contributed by atoms with Gasteiger partial charge >= 0.3 is 0 Å². The maximum Gasteiger partial charge on any atom is 0.253 e. The maximum atomic E-state index is 12.2. The SMILES string of the molecule is CC.CC.CN1CCC(c2ccc(C(=O)N(C)C)cc2)(c2cccc(O)c2)CC1. The van der Waals surface area contributed by atoms with Gasteiger partial charge in [-0.2, -0.15) is 0 Å². The molecular formula is C25H38N2O2. The smallest absolute Gasteiger partial charge is 0.253 e. The van der Waals surface area contributed by atoms with Gasteiger partial charge in [0.05, 0.1) is 0 Å². The number of phenolic OH excluding ortho intramolecular Hbond substituents is 1. The number of likely N-dealkylation sites (tertiary alicyclic amines) is 1. The highest BCUT2D eigenvalue weighted by Gasteiger charge is 2.37. The molecule has 1 fully saturated rings.